The van der Waals surface area contributed by atoms with Gasteiger partial charge in [0.1, 0.15) is 0 Å². The smallest absolute Gasteiger partial charge is 0.296 e. The molecule has 142 valence electrons. The van der Waals surface area contributed by atoms with Crippen molar-refractivity contribution in [1.29, 1.82) is 5.26 Å². The number of alkyl halides is 3. The monoisotopic (exact) mass is 385 g/mol. The van der Waals surface area contributed by atoms with Gasteiger partial charge in [0.15, 0.2) is 0 Å². The number of benzene rings is 2. The Labute approximate surface area is 158 Å². The molecule has 0 radical (unpaired) electrons. The molecule has 0 saturated carbocycles. The second-order valence-corrected chi connectivity index (χ2v) is 5.69. The second kappa shape index (κ2) is 7.54. The third-order valence-electron chi connectivity index (χ3n) is 3.96. The Morgan fingerprint density at radius 2 is 1.93 bits per heavy atom. The fourth-order valence-corrected chi connectivity index (χ4v) is 2.64. The molecule has 0 aliphatic heterocycles. The van der Waals surface area contributed by atoms with Gasteiger partial charge in [0.05, 0.1) is 22.9 Å². The Balaban J connectivity index is 1.97. The number of aromatic nitrogens is 2. The quantitative estimate of drug-likeness (QED) is 0.697. The van der Waals surface area contributed by atoms with Gasteiger partial charge in [0.2, 0.25) is 5.82 Å². The summed E-state index contributed by atoms with van der Waals surface area (Å²) in [5, 5.41) is 9.88. The van der Waals surface area contributed by atoms with E-state index in [9.17, 15) is 18.0 Å². The molecule has 0 fully saturated rings. The number of rotatable bonds is 4. The van der Waals surface area contributed by atoms with Crippen molar-refractivity contribution in [3.05, 3.63) is 77.9 Å². The van der Waals surface area contributed by atoms with Crippen molar-refractivity contribution >= 4 is 11.6 Å². The van der Waals surface area contributed by atoms with Crippen molar-refractivity contribution in [3.8, 4) is 11.8 Å². The molecule has 9 heteroatoms. The van der Waals surface area contributed by atoms with E-state index >= 15 is 0 Å². The molecule has 2 aromatic carbocycles. The van der Waals surface area contributed by atoms with Crippen molar-refractivity contribution in [2.24, 2.45) is 0 Å². The van der Waals surface area contributed by atoms with Gasteiger partial charge in [0.25, 0.3) is 0 Å². The standard InChI is InChI=1S/C19H14F3N5O/c1-24-27(16-4-2-3-14(11-16)19(20,21)22)18(28)17-25-9-10-26(17)15-7-5-13(12-23)6-8-15/h2-11,24H,1H3. The summed E-state index contributed by atoms with van der Waals surface area (Å²) >= 11 is 0. The Bertz CT molecular complexity index is 1030. The molecule has 0 spiro atoms. The third kappa shape index (κ3) is 3.72. The maximum Gasteiger partial charge on any atom is 0.416 e. The summed E-state index contributed by atoms with van der Waals surface area (Å²) in [4.78, 5) is 17.0. The molecular weight excluding hydrogens is 371 g/mol. The number of halogens is 3. The Hall–Kier alpha value is -3.64. The highest BCUT2D eigenvalue weighted by atomic mass is 19.4. The Morgan fingerprint density at radius 1 is 1.21 bits per heavy atom. The number of hydrazine groups is 1. The van der Waals surface area contributed by atoms with Crippen LogP contribution in [0.1, 0.15) is 21.7 Å². The van der Waals surface area contributed by atoms with E-state index in [-0.39, 0.29) is 11.5 Å². The minimum atomic E-state index is -4.53. The molecule has 6 nitrogen and oxygen atoms in total. The molecule has 1 aromatic heterocycles. The fourth-order valence-electron chi connectivity index (χ4n) is 2.64. The van der Waals surface area contributed by atoms with Crippen molar-refractivity contribution < 1.29 is 18.0 Å². The number of carbonyl (C=O) groups excluding carboxylic acids is 1. The zero-order chi connectivity index (χ0) is 20.3. The number of imidazole rings is 1. The number of hydrogen-bond donors (Lipinski definition) is 1. The summed E-state index contributed by atoms with van der Waals surface area (Å²) in [6, 6.07) is 12.9. The predicted octanol–water partition coefficient (Wildman–Crippen LogP) is 3.54. The zero-order valence-corrected chi connectivity index (χ0v) is 14.6. The molecule has 28 heavy (non-hydrogen) atoms. The zero-order valence-electron chi connectivity index (χ0n) is 14.6. The van der Waals surface area contributed by atoms with Gasteiger partial charge in [-0.25, -0.2) is 15.4 Å². The van der Waals surface area contributed by atoms with Gasteiger partial charge in [-0.2, -0.15) is 18.4 Å². The van der Waals surface area contributed by atoms with Crippen LogP contribution in [0, 0.1) is 11.3 Å². The lowest BCUT2D eigenvalue weighted by Gasteiger charge is -2.22. The highest BCUT2D eigenvalue weighted by Gasteiger charge is 2.31. The summed E-state index contributed by atoms with van der Waals surface area (Å²) in [5.41, 5.74) is 2.80. The van der Waals surface area contributed by atoms with Crippen molar-refractivity contribution in [1.82, 2.24) is 15.0 Å². The molecule has 1 heterocycles. The number of nitrogens with one attached hydrogen (secondary N) is 1. The maximum atomic E-state index is 13.0. The summed E-state index contributed by atoms with van der Waals surface area (Å²) in [5.74, 6) is -0.646. The van der Waals surface area contributed by atoms with Crippen LogP contribution in [-0.2, 0) is 6.18 Å². The first-order valence-electron chi connectivity index (χ1n) is 8.08. The first kappa shape index (κ1) is 19.1. The van der Waals surface area contributed by atoms with Crippen LogP contribution in [-0.4, -0.2) is 22.5 Å². The lowest BCUT2D eigenvalue weighted by molar-refractivity contribution is -0.137. The molecular formula is C19H14F3N5O. The van der Waals surface area contributed by atoms with E-state index in [1.165, 1.54) is 29.9 Å². The number of anilines is 1. The lowest BCUT2D eigenvalue weighted by atomic mass is 10.2. The van der Waals surface area contributed by atoms with E-state index in [1.54, 1.807) is 30.5 Å². The van der Waals surface area contributed by atoms with Gasteiger partial charge in [-0.1, -0.05) is 6.07 Å². The minimum absolute atomic E-state index is 0.00327. The van der Waals surface area contributed by atoms with Gasteiger partial charge < -0.3 is 0 Å². The Kier molecular flexibility index (Phi) is 5.15. The van der Waals surface area contributed by atoms with Gasteiger partial charge in [0, 0.05) is 25.1 Å². The molecule has 3 rings (SSSR count). The van der Waals surface area contributed by atoms with Crippen LogP contribution in [0.5, 0.6) is 0 Å². The van der Waals surface area contributed by atoms with Crippen LogP contribution in [0.15, 0.2) is 60.9 Å². The van der Waals surface area contributed by atoms with Crippen LogP contribution < -0.4 is 10.4 Å². The SMILES string of the molecule is CNN(C(=O)c1nccn1-c1ccc(C#N)cc1)c1cccc(C(F)(F)F)c1. The van der Waals surface area contributed by atoms with Gasteiger partial charge in [-0.15, -0.1) is 0 Å². The summed E-state index contributed by atoms with van der Waals surface area (Å²) < 4.78 is 40.5. The van der Waals surface area contributed by atoms with Crippen LogP contribution in [0.3, 0.4) is 0 Å². The molecule has 0 aliphatic rings. The van der Waals surface area contributed by atoms with Crippen LogP contribution in [0.4, 0.5) is 18.9 Å². The lowest BCUT2D eigenvalue weighted by Crippen LogP contribution is -2.42. The van der Waals surface area contributed by atoms with E-state index in [0.717, 1.165) is 17.1 Å². The predicted molar refractivity (Wildman–Crippen MR) is 95.6 cm³/mol. The fraction of sp³-hybridized carbons (Fsp3) is 0.105. The summed E-state index contributed by atoms with van der Waals surface area (Å²) in [7, 11) is 1.42. The molecule has 0 aliphatic carbocycles. The molecule has 1 amide bonds. The second-order valence-electron chi connectivity index (χ2n) is 5.69. The van der Waals surface area contributed by atoms with Crippen LogP contribution >= 0.6 is 0 Å². The number of nitriles is 1. The number of hydrogen-bond acceptors (Lipinski definition) is 4. The summed E-state index contributed by atoms with van der Waals surface area (Å²) in [6.45, 7) is 0. The molecule has 0 bridgehead atoms. The maximum absolute atomic E-state index is 13.0. The number of amides is 1. The van der Waals surface area contributed by atoms with E-state index in [4.69, 9.17) is 5.26 Å². The molecule has 0 atom stereocenters. The highest BCUT2D eigenvalue weighted by Crippen LogP contribution is 2.31. The van der Waals surface area contributed by atoms with Crippen molar-refractivity contribution in [2.45, 2.75) is 6.18 Å². The van der Waals surface area contributed by atoms with E-state index in [2.05, 4.69) is 10.4 Å². The third-order valence-corrected chi connectivity index (χ3v) is 3.96. The van der Waals surface area contributed by atoms with Gasteiger partial charge in [-0.05, 0) is 42.5 Å². The first-order valence-corrected chi connectivity index (χ1v) is 8.08. The Morgan fingerprint density at radius 3 is 2.54 bits per heavy atom. The molecule has 3 aromatic rings. The summed E-state index contributed by atoms with van der Waals surface area (Å²) in [6.07, 6.45) is -1.57. The molecule has 0 saturated heterocycles. The number of carbonyl (C=O) groups is 1. The number of nitrogens with zero attached hydrogens (tertiary/aromatic N) is 4. The van der Waals surface area contributed by atoms with E-state index < -0.39 is 17.6 Å². The normalized spacial score (nSPS) is 11.1. The minimum Gasteiger partial charge on any atom is -0.296 e. The van der Waals surface area contributed by atoms with Crippen LogP contribution in [0.2, 0.25) is 0 Å². The highest BCUT2D eigenvalue weighted by molar-refractivity contribution is 6.03. The van der Waals surface area contributed by atoms with Crippen molar-refractivity contribution in [3.63, 3.8) is 0 Å². The molecule has 0 unspecified atom stereocenters. The van der Waals surface area contributed by atoms with E-state index in [1.807, 2.05) is 6.07 Å². The first-order chi connectivity index (χ1) is 13.3. The van der Waals surface area contributed by atoms with Gasteiger partial charge in [-0.3, -0.25) is 9.36 Å². The van der Waals surface area contributed by atoms with Gasteiger partial charge >= 0.3 is 12.1 Å². The van der Waals surface area contributed by atoms with E-state index in [0.29, 0.717) is 11.3 Å². The topological polar surface area (TPSA) is 74.0 Å². The average molecular weight is 385 g/mol. The largest absolute Gasteiger partial charge is 0.416 e. The van der Waals surface area contributed by atoms with Crippen LogP contribution in [0.25, 0.3) is 5.69 Å². The molecule has 1 N–H and O–H groups in total. The van der Waals surface area contributed by atoms with Crippen molar-refractivity contribution in [2.75, 3.05) is 12.1 Å². The average Bonchev–Trinajstić information content (AvgIpc) is 3.18.